The molecule has 1 N–H and O–H groups in total. The van der Waals surface area contributed by atoms with Gasteiger partial charge >= 0.3 is 0 Å². The van der Waals surface area contributed by atoms with Crippen LogP contribution in [0.2, 0.25) is 0 Å². The normalized spacial score (nSPS) is 16.7. The summed E-state index contributed by atoms with van der Waals surface area (Å²) < 4.78 is 11.8. The molecule has 1 atom stereocenters. The van der Waals surface area contributed by atoms with Crippen molar-refractivity contribution < 1.29 is 14.3 Å². The van der Waals surface area contributed by atoms with Crippen molar-refractivity contribution >= 4 is 11.1 Å². The molecular formula is C24H28N2O3. The number of likely N-dealkylation sites (tertiary alicyclic amines) is 1. The number of rotatable bonds is 8. The first-order valence-electron chi connectivity index (χ1n) is 10.3. The van der Waals surface area contributed by atoms with E-state index in [1.54, 1.807) is 0 Å². The van der Waals surface area contributed by atoms with Crippen LogP contribution in [0.15, 0.2) is 65.6 Å². The van der Waals surface area contributed by atoms with Crippen molar-refractivity contribution in [2.75, 3.05) is 26.2 Å². The van der Waals surface area contributed by atoms with Gasteiger partial charge in [-0.2, -0.15) is 0 Å². The van der Waals surface area contributed by atoms with E-state index in [9.17, 15) is 5.11 Å². The van der Waals surface area contributed by atoms with E-state index in [2.05, 4.69) is 16.5 Å². The monoisotopic (exact) mass is 392 g/mol. The van der Waals surface area contributed by atoms with Crippen LogP contribution in [0.4, 0.5) is 0 Å². The Morgan fingerprint density at radius 3 is 2.72 bits per heavy atom. The third-order valence-corrected chi connectivity index (χ3v) is 5.48. The number of aliphatic hydroxyl groups excluding tert-OH is 1. The van der Waals surface area contributed by atoms with Crippen molar-refractivity contribution in [3.63, 3.8) is 0 Å². The average molecular weight is 392 g/mol. The minimum atomic E-state index is -0.521. The number of allylic oxidation sites excluding steroid dienone is 1. The Hall–Kier alpha value is -2.63. The van der Waals surface area contributed by atoms with Gasteiger partial charge in [0.25, 0.3) is 0 Å². The molecule has 0 amide bonds. The number of benzene rings is 2. The highest BCUT2D eigenvalue weighted by Crippen LogP contribution is 2.30. The maximum Gasteiger partial charge on any atom is 0.198 e. The Kier molecular flexibility index (Phi) is 6.27. The summed E-state index contributed by atoms with van der Waals surface area (Å²) in [6.45, 7) is 6.54. The van der Waals surface area contributed by atoms with E-state index >= 15 is 0 Å². The largest absolute Gasteiger partial charge is 0.491 e. The summed E-state index contributed by atoms with van der Waals surface area (Å²) in [4.78, 5) is 6.94. The van der Waals surface area contributed by atoms with Crippen LogP contribution >= 0.6 is 0 Å². The Balaban J connectivity index is 1.25. The molecule has 29 heavy (non-hydrogen) atoms. The van der Waals surface area contributed by atoms with Crippen molar-refractivity contribution in [2.45, 2.75) is 31.3 Å². The van der Waals surface area contributed by atoms with E-state index in [-0.39, 0.29) is 0 Å². The van der Waals surface area contributed by atoms with Crippen LogP contribution in [0.3, 0.4) is 0 Å². The van der Waals surface area contributed by atoms with Crippen molar-refractivity contribution in [2.24, 2.45) is 0 Å². The lowest BCUT2D eigenvalue weighted by atomic mass is 9.96. The van der Waals surface area contributed by atoms with Gasteiger partial charge in [-0.25, -0.2) is 4.98 Å². The van der Waals surface area contributed by atoms with Crippen LogP contribution in [0.5, 0.6) is 5.75 Å². The zero-order valence-corrected chi connectivity index (χ0v) is 16.7. The second kappa shape index (κ2) is 9.25. The summed E-state index contributed by atoms with van der Waals surface area (Å²) >= 11 is 0. The Bertz CT molecular complexity index is 911. The number of aromatic nitrogens is 1. The molecule has 3 aromatic rings. The van der Waals surface area contributed by atoms with E-state index in [0.717, 1.165) is 60.7 Å². The molecule has 152 valence electrons. The molecule has 0 spiro atoms. The van der Waals surface area contributed by atoms with Crippen LogP contribution in [-0.4, -0.2) is 47.3 Å². The highest BCUT2D eigenvalue weighted by Gasteiger charge is 2.25. The minimum Gasteiger partial charge on any atom is -0.491 e. The third kappa shape index (κ3) is 4.86. The second-order valence-corrected chi connectivity index (χ2v) is 7.66. The van der Waals surface area contributed by atoms with Crippen LogP contribution in [0.1, 0.15) is 30.2 Å². The standard InChI is InChI=1S/C24H28N2O3/c1-2-7-18-8-3-5-10-22(18)28-17-20(27)16-26-14-12-19(13-15-26)24-25-21-9-4-6-11-23(21)29-24/h2-6,8-11,19-20,27H,1,7,12-17H2. The van der Waals surface area contributed by atoms with E-state index < -0.39 is 6.10 Å². The van der Waals surface area contributed by atoms with E-state index in [0.29, 0.717) is 19.1 Å². The van der Waals surface area contributed by atoms with Crippen molar-refractivity contribution in [1.82, 2.24) is 9.88 Å². The predicted molar refractivity (Wildman–Crippen MR) is 114 cm³/mol. The van der Waals surface area contributed by atoms with Gasteiger partial charge in [-0.05, 0) is 56.1 Å². The van der Waals surface area contributed by atoms with Gasteiger partial charge in [-0.3, -0.25) is 0 Å². The van der Waals surface area contributed by atoms with E-state index in [1.165, 1.54) is 0 Å². The lowest BCUT2D eigenvalue weighted by molar-refractivity contribution is 0.0581. The molecule has 0 aliphatic carbocycles. The molecule has 5 heteroatoms. The summed E-state index contributed by atoms with van der Waals surface area (Å²) in [6.07, 6.45) is 4.08. The highest BCUT2D eigenvalue weighted by atomic mass is 16.5. The molecule has 1 aromatic heterocycles. The first kappa shape index (κ1) is 19.7. The first-order chi connectivity index (χ1) is 14.2. The van der Waals surface area contributed by atoms with Gasteiger partial charge in [0.05, 0.1) is 0 Å². The third-order valence-electron chi connectivity index (χ3n) is 5.48. The van der Waals surface area contributed by atoms with Gasteiger partial charge in [0.2, 0.25) is 0 Å². The summed E-state index contributed by atoms with van der Waals surface area (Å²) in [5, 5.41) is 10.4. The quantitative estimate of drug-likeness (QED) is 0.583. The smallest absolute Gasteiger partial charge is 0.198 e. The van der Waals surface area contributed by atoms with Crippen molar-refractivity contribution in [1.29, 1.82) is 0 Å². The number of piperidine rings is 1. The number of oxazole rings is 1. The minimum absolute atomic E-state index is 0.291. The highest BCUT2D eigenvalue weighted by molar-refractivity contribution is 5.72. The topological polar surface area (TPSA) is 58.7 Å². The maximum atomic E-state index is 10.4. The number of fused-ring (bicyclic) bond motifs is 1. The molecular weight excluding hydrogens is 364 g/mol. The summed E-state index contributed by atoms with van der Waals surface area (Å²) in [5.74, 6) is 2.01. The molecule has 1 saturated heterocycles. The van der Waals surface area contributed by atoms with Crippen LogP contribution in [0, 0.1) is 0 Å². The molecule has 5 nitrogen and oxygen atoms in total. The molecule has 2 aromatic carbocycles. The zero-order chi connectivity index (χ0) is 20.1. The summed E-state index contributed by atoms with van der Waals surface area (Å²) in [7, 11) is 0. The average Bonchev–Trinajstić information content (AvgIpc) is 3.18. The van der Waals surface area contributed by atoms with Gasteiger partial charge in [-0.1, -0.05) is 36.4 Å². The number of hydrogen-bond donors (Lipinski definition) is 1. The molecule has 0 saturated carbocycles. The molecule has 1 unspecified atom stereocenters. The Morgan fingerprint density at radius 1 is 1.17 bits per heavy atom. The molecule has 0 radical (unpaired) electrons. The van der Waals surface area contributed by atoms with Gasteiger partial charge < -0.3 is 19.2 Å². The number of β-amino-alcohol motifs (C(OH)–C–C–N with tert-alkyl or cyclic N) is 1. The Morgan fingerprint density at radius 2 is 1.93 bits per heavy atom. The molecule has 1 aliphatic heterocycles. The number of para-hydroxylation sites is 3. The summed E-state index contributed by atoms with van der Waals surface area (Å²) in [5.41, 5.74) is 2.87. The zero-order valence-electron chi connectivity index (χ0n) is 16.7. The fourth-order valence-electron chi connectivity index (χ4n) is 3.93. The lowest BCUT2D eigenvalue weighted by Crippen LogP contribution is -2.40. The van der Waals surface area contributed by atoms with Crippen LogP contribution in [0.25, 0.3) is 11.1 Å². The molecule has 4 rings (SSSR count). The first-order valence-corrected chi connectivity index (χ1v) is 10.3. The number of aliphatic hydroxyl groups is 1. The molecule has 0 bridgehead atoms. The fourth-order valence-corrected chi connectivity index (χ4v) is 3.93. The van der Waals surface area contributed by atoms with Gasteiger partial charge in [-0.15, -0.1) is 6.58 Å². The SMILES string of the molecule is C=CCc1ccccc1OCC(O)CN1CCC(c2nc3ccccc3o2)CC1. The van der Waals surface area contributed by atoms with E-state index in [1.807, 2.05) is 54.6 Å². The lowest BCUT2D eigenvalue weighted by Gasteiger charge is -2.31. The molecule has 1 fully saturated rings. The van der Waals surface area contributed by atoms with Gasteiger partial charge in [0.1, 0.15) is 24.0 Å². The Labute approximate surface area is 171 Å². The number of hydrogen-bond acceptors (Lipinski definition) is 5. The van der Waals surface area contributed by atoms with E-state index in [4.69, 9.17) is 9.15 Å². The van der Waals surface area contributed by atoms with Crippen LogP contribution < -0.4 is 4.74 Å². The molecule has 1 aliphatic rings. The molecule has 2 heterocycles. The van der Waals surface area contributed by atoms with Crippen molar-refractivity contribution in [3.05, 3.63) is 72.6 Å². The van der Waals surface area contributed by atoms with Crippen molar-refractivity contribution in [3.8, 4) is 5.75 Å². The fraction of sp³-hybridized carbons (Fsp3) is 0.375. The second-order valence-electron chi connectivity index (χ2n) is 7.66. The maximum absolute atomic E-state index is 10.4. The van der Waals surface area contributed by atoms with Gasteiger partial charge in [0.15, 0.2) is 11.5 Å². The van der Waals surface area contributed by atoms with Gasteiger partial charge in [0, 0.05) is 12.5 Å². The summed E-state index contributed by atoms with van der Waals surface area (Å²) in [6, 6.07) is 15.8. The predicted octanol–water partition coefficient (Wildman–Crippen LogP) is 4.18. The number of ether oxygens (including phenoxy) is 1. The number of nitrogens with zero attached hydrogens (tertiary/aromatic N) is 2. The van der Waals surface area contributed by atoms with Crippen LogP contribution in [-0.2, 0) is 6.42 Å².